The quantitative estimate of drug-likeness (QED) is 0.176. The normalized spacial score (nSPS) is 12.8. The second-order valence-corrected chi connectivity index (χ2v) is 7.48. The highest BCUT2D eigenvalue weighted by Crippen LogP contribution is 2.25. The van der Waals surface area contributed by atoms with Gasteiger partial charge in [-0.3, -0.25) is 9.59 Å². The fourth-order valence-electron chi connectivity index (χ4n) is 3.17. The van der Waals surface area contributed by atoms with Crippen LogP contribution < -0.4 is 0 Å². The van der Waals surface area contributed by atoms with Crippen LogP contribution in [0.5, 0.6) is 0 Å². The van der Waals surface area contributed by atoms with Gasteiger partial charge in [-0.25, -0.2) is 4.79 Å². The molecule has 0 radical (unpaired) electrons. The molecule has 0 saturated carbocycles. The van der Waals surface area contributed by atoms with E-state index in [0.717, 1.165) is 57.4 Å². The summed E-state index contributed by atoms with van der Waals surface area (Å²) in [4.78, 5) is 35.6. The minimum Gasteiger partial charge on any atom is -0.465 e. The predicted molar refractivity (Wildman–Crippen MR) is 112 cm³/mol. The molecule has 0 aromatic heterocycles. The van der Waals surface area contributed by atoms with Gasteiger partial charge in [-0.15, -0.1) is 0 Å². The van der Waals surface area contributed by atoms with Crippen LogP contribution in [-0.4, -0.2) is 30.9 Å². The van der Waals surface area contributed by atoms with E-state index >= 15 is 0 Å². The molecule has 0 bridgehead atoms. The number of esters is 2. The number of rotatable bonds is 18. The summed E-state index contributed by atoms with van der Waals surface area (Å²) in [5.41, 5.74) is 0. The molecular weight excluding hydrogens is 356 g/mol. The maximum Gasteiger partial charge on any atom is 0.330 e. The van der Waals surface area contributed by atoms with Crippen molar-refractivity contribution in [2.45, 2.75) is 91.4 Å². The van der Waals surface area contributed by atoms with Gasteiger partial charge in [-0.05, 0) is 39.0 Å². The third-order valence-corrected chi connectivity index (χ3v) is 4.98. The van der Waals surface area contributed by atoms with E-state index in [1.807, 2.05) is 0 Å². The Morgan fingerprint density at radius 1 is 0.821 bits per heavy atom. The smallest absolute Gasteiger partial charge is 0.330 e. The molecule has 0 aliphatic carbocycles. The fraction of sp³-hybridized carbons (Fsp3) is 0.783. The van der Waals surface area contributed by atoms with E-state index in [0.29, 0.717) is 32.5 Å². The molecule has 0 amide bonds. The summed E-state index contributed by atoms with van der Waals surface area (Å²) in [5.74, 6) is -0.717. The van der Waals surface area contributed by atoms with Crippen LogP contribution in [-0.2, 0) is 23.9 Å². The van der Waals surface area contributed by atoms with Gasteiger partial charge in [-0.2, -0.15) is 0 Å². The molecular formula is C23H40O5. The summed E-state index contributed by atoms with van der Waals surface area (Å²) < 4.78 is 10.4. The van der Waals surface area contributed by atoms with Crippen molar-refractivity contribution in [3.8, 4) is 0 Å². The van der Waals surface area contributed by atoms with Gasteiger partial charge in [0.05, 0.1) is 19.1 Å². The highest BCUT2D eigenvalue weighted by atomic mass is 16.5. The monoisotopic (exact) mass is 396 g/mol. The summed E-state index contributed by atoms with van der Waals surface area (Å²) in [7, 11) is 0. The first-order valence-corrected chi connectivity index (χ1v) is 10.9. The van der Waals surface area contributed by atoms with Crippen LogP contribution in [0.4, 0.5) is 0 Å². The number of hydrogen-bond acceptors (Lipinski definition) is 5. The van der Waals surface area contributed by atoms with Crippen molar-refractivity contribution in [1.82, 2.24) is 0 Å². The van der Waals surface area contributed by atoms with Gasteiger partial charge in [0, 0.05) is 12.0 Å². The van der Waals surface area contributed by atoms with Crippen LogP contribution in [0.25, 0.3) is 0 Å². The zero-order chi connectivity index (χ0) is 21.2. The molecule has 28 heavy (non-hydrogen) atoms. The molecule has 0 N–H and O–H groups in total. The largest absolute Gasteiger partial charge is 0.465 e. The third-order valence-electron chi connectivity index (χ3n) is 4.98. The standard InChI is InChI=1S/C23H40O5/c1-5-8-10-14-20(19(4)24)18-21(15-11-9-6-2)23(26)28-17-13-12-16-27-22(25)7-3/h7,20-21H,3,5-6,8-18H2,1-2,4H3. The molecule has 0 rings (SSSR count). The van der Waals surface area contributed by atoms with Gasteiger partial charge < -0.3 is 9.47 Å². The summed E-state index contributed by atoms with van der Waals surface area (Å²) in [6.45, 7) is 9.87. The Labute approximate surface area is 171 Å². The average molecular weight is 397 g/mol. The van der Waals surface area contributed by atoms with E-state index in [1.54, 1.807) is 6.92 Å². The number of ketones is 1. The number of carbonyl (C=O) groups excluding carboxylic acids is 3. The third kappa shape index (κ3) is 13.5. The first kappa shape index (κ1) is 26.4. The number of unbranched alkanes of at least 4 members (excludes halogenated alkanes) is 5. The van der Waals surface area contributed by atoms with Crippen molar-refractivity contribution in [2.24, 2.45) is 11.8 Å². The lowest BCUT2D eigenvalue weighted by Crippen LogP contribution is -2.24. The molecule has 2 atom stereocenters. The van der Waals surface area contributed by atoms with Crippen LogP contribution in [0.2, 0.25) is 0 Å². The van der Waals surface area contributed by atoms with Gasteiger partial charge in [0.25, 0.3) is 0 Å². The molecule has 0 spiro atoms. The lowest BCUT2D eigenvalue weighted by molar-refractivity contribution is -0.150. The second kappa shape index (κ2) is 17.4. The molecule has 5 heteroatoms. The molecule has 0 aromatic rings. The molecule has 0 aliphatic rings. The van der Waals surface area contributed by atoms with Crippen LogP contribution in [0.1, 0.15) is 91.4 Å². The molecule has 162 valence electrons. The van der Waals surface area contributed by atoms with E-state index in [4.69, 9.17) is 9.47 Å². The Morgan fingerprint density at radius 2 is 1.36 bits per heavy atom. The van der Waals surface area contributed by atoms with Crippen LogP contribution >= 0.6 is 0 Å². The van der Waals surface area contributed by atoms with E-state index < -0.39 is 5.97 Å². The van der Waals surface area contributed by atoms with Crippen molar-refractivity contribution in [3.63, 3.8) is 0 Å². The number of carbonyl (C=O) groups is 3. The van der Waals surface area contributed by atoms with E-state index in [9.17, 15) is 14.4 Å². The molecule has 0 fully saturated rings. The Kier molecular flexibility index (Phi) is 16.4. The first-order valence-electron chi connectivity index (χ1n) is 10.9. The van der Waals surface area contributed by atoms with Crippen LogP contribution in [0.15, 0.2) is 12.7 Å². The molecule has 0 heterocycles. The van der Waals surface area contributed by atoms with E-state index in [2.05, 4.69) is 20.4 Å². The Bertz CT molecular complexity index is 458. The Hall–Kier alpha value is -1.65. The Balaban J connectivity index is 4.48. The van der Waals surface area contributed by atoms with Crippen molar-refractivity contribution in [1.29, 1.82) is 0 Å². The minimum atomic E-state index is -0.439. The average Bonchev–Trinajstić information content (AvgIpc) is 2.68. The predicted octanol–water partition coefficient (Wildman–Crippen LogP) is 5.41. The van der Waals surface area contributed by atoms with E-state index in [-0.39, 0.29) is 23.6 Å². The van der Waals surface area contributed by atoms with Crippen molar-refractivity contribution in [3.05, 3.63) is 12.7 Å². The van der Waals surface area contributed by atoms with Crippen molar-refractivity contribution >= 4 is 17.7 Å². The van der Waals surface area contributed by atoms with Crippen LogP contribution in [0, 0.1) is 11.8 Å². The summed E-state index contributed by atoms with van der Waals surface area (Å²) >= 11 is 0. The van der Waals surface area contributed by atoms with Crippen molar-refractivity contribution < 1.29 is 23.9 Å². The maximum atomic E-state index is 12.6. The molecule has 0 saturated heterocycles. The fourth-order valence-corrected chi connectivity index (χ4v) is 3.17. The maximum absolute atomic E-state index is 12.6. The van der Waals surface area contributed by atoms with Gasteiger partial charge in [0.2, 0.25) is 0 Å². The summed E-state index contributed by atoms with van der Waals surface area (Å²) in [6, 6.07) is 0. The van der Waals surface area contributed by atoms with Gasteiger partial charge >= 0.3 is 11.9 Å². The number of ether oxygens (including phenoxy) is 2. The lowest BCUT2D eigenvalue weighted by atomic mass is 9.85. The lowest BCUT2D eigenvalue weighted by Gasteiger charge is -2.21. The zero-order valence-electron chi connectivity index (χ0n) is 18.2. The Morgan fingerprint density at radius 3 is 1.86 bits per heavy atom. The minimum absolute atomic E-state index is 0.0518. The summed E-state index contributed by atoms with van der Waals surface area (Å²) in [5, 5.41) is 0. The van der Waals surface area contributed by atoms with Gasteiger partial charge in [0.1, 0.15) is 5.78 Å². The molecule has 0 aromatic carbocycles. The molecule has 5 nitrogen and oxygen atoms in total. The summed E-state index contributed by atoms with van der Waals surface area (Å²) in [6.07, 6.45) is 11.1. The van der Waals surface area contributed by atoms with Gasteiger partial charge in [0.15, 0.2) is 0 Å². The molecule has 0 aliphatic heterocycles. The van der Waals surface area contributed by atoms with Crippen molar-refractivity contribution in [2.75, 3.05) is 13.2 Å². The zero-order valence-corrected chi connectivity index (χ0v) is 18.2. The van der Waals surface area contributed by atoms with Gasteiger partial charge in [-0.1, -0.05) is 59.0 Å². The van der Waals surface area contributed by atoms with Crippen LogP contribution in [0.3, 0.4) is 0 Å². The topological polar surface area (TPSA) is 69.7 Å². The second-order valence-electron chi connectivity index (χ2n) is 7.48. The molecule has 2 unspecified atom stereocenters. The number of Topliss-reactive ketones (excluding diaryl/α,β-unsaturated/α-hetero) is 1. The number of hydrogen-bond donors (Lipinski definition) is 0. The highest BCUT2D eigenvalue weighted by molar-refractivity contribution is 5.81. The first-order chi connectivity index (χ1) is 13.5. The highest BCUT2D eigenvalue weighted by Gasteiger charge is 2.26. The SMILES string of the molecule is C=CC(=O)OCCCCOC(=O)C(CCCCC)CC(CCCCC)C(C)=O. The van der Waals surface area contributed by atoms with E-state index in [1.165, 1.54) is 0 Å².